The van der Waals surface area contributed by atoms with Gasteiger partial charge in [-0.05, 0) is 46.0 Å². The Kier molecular flexibility index (Phi) is 5.45. The molecule has 0 saturated carbocycles. The zero-order valence-electron chi connectivity index (χ0n) is 22.0. The Hall–Kier alpha value is -5.55. The summed E-state index contributed by atoms with van der Waals surface area (Å²) in [6.45, 7) is 0. The highest BCUT2D eigenvalue weighted by Crippen LogP contribution is 2.33. The lowest BCUT2D eigenvalue weighted by Gasteiger charge is -2.22. The van der Waals surface area contributed by atoms with E-state index in [2.05, 4.69) is 84.2 Å². The summed E-state index contributed by atoms with van der Waals surface area (Å²) < 4.78 is 6.44. The normalized spacial score (nSPS) is 15.1. The van der Waals surface area contributed by atoms with Gasteiger partial charge in [0.2, 0.25) is 5.89 Å². The van der Waals surface area contributed by atoms with E-state index in [1.54, 1.807) is 0 Å². The largest absolute Gasteiger partial charge is 0.435 e. The van der Waals surface area contributed by atoms with Crippen LogP contribution in [0, 0.1) is 0 Å². The van der Waals surface area contributed by atoms with Crippen molar-refractivity contribution in [3.05, 3.63) is 150 Å². The predicted octanol–water partition coefficient (Wildman–Crippen LogP) is 8.30. The predicted molar refractivity (Wildman–Crippen MR) is 166 cm³/mol. The van der Waals surface area contributed by atoms with Crippen LogP contribution in [0.5, 0.6) is 0 Å². The van der Waals surface area contributed by atoms with Crippen LogP contribution in [0.1, 0.15) is 22.9 Å². The van der Waals surface area contributed by atoms with Crippen molar-refractivity contribution >= 4 is 44.3 Å². The molecular weight excluding hydrogens is 504 g/mol. The van der Waals surface area contributed by atoms with Crippen LogP contribution in [-0.2, 0) is 0 Å². The van der Waals surface area contributed by atoms with Gasteiger partial charge in [-0.3, -0.25) is 0 Å². The smallest absolute Gasteiger partial charge is 0.227 e. The summed E-state index contributed by atoms with van der Waals surface area (Å²) >= 11 is 0. The van der Waals surface area contributed by atoms with Gasteiger partial charge in [0.25, 0.3) is 0 Å². The molecule has 0 amide bonds. The second-order valence-corrected chi connectivity index (χ2v) is 10.2. The summed E-state index contributed by atoms with van der Waals surface area (Å²) in [5, 5.41) is 7.92. The van der Waals surface area contributed by atoms with E-state index in [0.29, 0.717) is 5.89 Å². The topological polar surface area (TPSA) is 62.8 Å². The zero-order valence-corrected chi connectivity index (χ0v) is 22.0. The summed E-state index contributed by atoms with van der Waals surface area (Å²) in [6.07, 6.45) is -0.348. The van der Waals surface area contributed by atoms with E-state index in [-0.39, 0.29) is 6.17 Å². The number of benzene rings is 6. The first-order valence-electron chi connectivity index (χ1n) is 13.6. The number of aliphatic imine (C=N–C) groups is 2. The lowest BCUT2D eigenvalue weighted by molar-refractivity contribution is 0.623. The Morgan fingerprint density at radius 1 is 0.537 bits per heavy atom. The number of hydrogen-bond donors (Lipinski definition) is 1. The Morgan fingerprint density at radius 3 is 2.02 bits per heavy atom. The standard InChI is InChI=1S/C36H24N4O/c1-3-10-25(11-4-1)33-38-34(26-12-5-2-6-13-26)40-35(39-33)28-17-16-24-19-20-31-32(30(24)22-28)41-36(37-31)29-18-15-23-9-7-8-14-27(23)21-29/h1-22,33H,(H,38,39,40). The minimum atomic E-state index is -0.348. The fraction of sp³-hybridized carbons (Fsp3) is 0.0278. The van der Waals surface area contributed by atoms with Gasteiger partial charge in [0, 0.05) is 22.1 Å². The number of nitrogens with one attached hydrogen (secondary N) is 1. The molecule has 194 valence electrons. The highest BCUT2D eigenvalue weighted by atomic mass is 16.3. The maximum absolute atomic E-state index is 6.44. The molecule has 5 nitrogen and oxygen atoms in total. The number of amidine groups is 2. The van der Waals surface area contributed by atoms with Crippen molar-refractivity contribution in [3.8, 4) is 11.5 Å². The summed E-state index contributed by atoms with van der Waals surface area (Å²) in [5.41, 5.74) is 5.55. The fourth-order valence-electron chi connectivity index (χ4n) is 5.41. The third-order valence-corrected chi connectivity index (χ3v) is 7.53. The second-order valence-electron chi connectivity index (χ2n) is 10.2. The number of hydrogen-bond acceptors (Lipinski definition) is 5. The van der Waals surface area contributed by atoms with Crippen LogP contribution in [0.15, 0.2) is 148 Å². The van der Waals surface area contributed by atoms with Gasteiger partial charge < -0.3 is 9.73 Å². The molecule has 0 bridgehead atoms. The molecule has 1 aromatic heterocycles. The highest BCUT2D eigenvalue weighted by molar-refractivity contribution is 6.17. The summed E-state index contributed by atoms with van der Waals surface area (Å²) in [4.78, 5) is 14.9. The molecular formula is C36H24N4O. The van der Waals surface area contributed by atoms with Crippen LogP contribution in [0.25, 0.3) is 44.1 Å². The Balaban J connectivity index is 1.24. The van der Waals surface area contributed by atoms with Gasteiger partial charge in [0.05, 0.1) is 0 Å². The van der Waals surface area contributed by atoms with Gasteiger partial charge >= 0.3 is 0 Å². The summed E-state index contributed by atoms with van der Waals surface area (Å²) in [7, 11) is 0. The van der Waals surface area contributed by atoms with Crippen molar-refractivity contribution in [2.24, 2.45) is 9.98 Å². The lowest BCUT2D eigenvalue weighted by atomic mass is 10.0. The van der Waals surface area contributed by atoms with Gasteiger partial charge in [-0.1, -0.05) is 109 Å². The van der Waals surface area contributed by atoms with Crippen molar-refractivity contribution < 1.29 is 4.42 Å². The van der Waals surface area contributed by atoms with Crippen molar-refractivity contribution in [1.82, 2.24) is 10.3 Å². The van der Waals surface area contributed by atoms with E-state index in [1.807, 2.05) is 54.6 Å². The van der Waals surface area contributed by atoms with E-state index in [1.165, 1.54) is 5.39 Å². The molecule has 1 unspecified atom stereocenters. The van der Waals surface area contributed by atoms with E-state index in [0.717, 1.165) is 61.2 Å². The summed E-state index contributed by atoms with van der Waals surface area (Å²) in [6, 6.07) is 45.4. The Bertz CT molecular complexity index is 2130. The molecule has 41 heavy (non-hydrogen) atoms. The number of nitrogens with zero attached hydrogens (tertiary/aromatic N) is 3. The first-order chi connectivity index (χ1) is 20.3. The molecule has 1 aliphatic rings. The molecule has 1 atom stereocenters. The number of aromatic nitrogens is 1. The van der Waals surface area contributed by atoms with Gasteiger partial charge in [-0.2, -0.15) is 0 Å². The third-order valence-electron chi connectivity index (χ3n) is 7.53. The minimum Gasteiger partial charge on any atom is -0.435 e. The Morgan fingerprint density at radius 2 is 1.20 bits per heavy atom. The number of oxazole rings is 1. The fourth-order valence-corrected chi connectivity index (χ4v) is 5.41. The zero-order chi connectivity index (χ0) is 27.2. The van der Waals surface area contributed by atoms with Gasteiger partial charge in [-0.25, -0.2) is 15.0 Å². The molecule has 7 aromatic rings. The molecule has 0 fully saturated rings. The van der Waals surface area contributed by atoms with Crippen LogP contribution >= 0.6 is 0 Å². The molecule has 2 heterocycles. The van der Waals surface area contributed by atoms with E-state index < -0.39 is 0 Å². The second kappa shape index (κ2) is 9.57. The van der Waals surface area contributed by atoms with Crippen LogP contribution in [-0.4, -0.2) is 16.7 Å². The van der Waals surface area contributed by atoms with Crippen molar-refractivity contribution in [3.63, 3.8) is 0 Å². The molecule has 0 aliphatic carbocycles. The van der Waals surface area contributed by atoms with Crippen molar-refractivity contribution in [1.29, 1.82) is 0 Å². The lowest BCUT2D eigenvalue weighted by Crippen LogP contribution is -2.36. The monoisotopic (exact) mass is 528 g/mol. The maximum atomic E-state index is 6.44. The van der Waals surface area contributed by atoms with Crippen molar-refractivity contribution in [2.75, 3.05) is 0 Å². The van der Waals surface area contributed by atoms with Crippen LogP contribution in [0.3, 0.4) is 0 Å². The van der Waals surface area contributed by atoms with E-state index >= 15 is 0 Å². The third kappa shape index (κ3) is 4.24. The average molecular weight is 529 g/mol. The first kappa shape index (κ1) is 23.3. The van der Waals surface area contributed by atoms with Gasteiger partial charge in [0.15, 0.2) is 11.7 Å². The SMILES string of the molecule is c1ccc(C2=NC(c3ccccc3)N=C(c3ccc4ccc5nc(-c6ccc7ccccc7c6)oc5c4c3)N2)cc1. The van der Waals surface area contributed by atoms with Crippen LogP contribution in [0.2, 0.25) is 0 Å². The van der Waals surface area contributed by atoms with E-state index in [4.69, 9.17) is 19.4 Å². The maximum Gasteiger partial charge on any atom is 0.227 e. The molecule has 6 aromatic carbocycles. The molecule has 1 N–H and O–H groups in total. The van der Waals surface area contributed by atoms with E-state index in [9.17, 15) is 0 Å². The van der Waals surface area contributed by atoms with Gasteiger partial charge in [0.1, 0.15) is 17.2 Å². The number of rotatable bonds is 4. The number of fused-ring (bicyclic) bond motifs is 4. The first-order valence-corrected chi connectivity index (χ1v) is 13.6. The summed E-state index contributed by atoms with van der Waals surface area (Å²) in [5.74, 6) is 2.17. The minimum absolute atomic E-state index is 0.348. The molecule has 5 heteroatoms. The van der Waals surface area contributed by atoms with Gasteiger partial charge in [-0.15, -0.1) is 0 Å². The molecule has 0 radical (unpaired) electrons. The van der Waals surface area contributed by atoms with Crippen molar-refractivity contribution in [2.45, 2.75) is 6.17 Å². The molecule has 0 saturated heterocycles. The Labute approximate surface area is 236 Å². The van der Waals surface area contributed by atoms with Crippen LogP contribution in [0.4, 0.5) is 0 Å². The molecule has 8 rings (SSSR count). The highest BCUT2D eigenvalue weighted by Gasteiger charge is 2.21. The molecule has 0 spiro atoms. The quantitative estimate of drug-likeness (QED) is 0.250. The molecule has 1 aliphatic heterocycles. The van der Waals surface area contributed by atoms with Crippen LogP contribution < -0.4 is 5.32 Å². The average Bonchev–Trinajstić information content (AvgIpc) is 3.50.